The van der Waals surface area contributed by atoms with Crippen LogP contribution in [0.3, 0.4) is 0 Å². The van der Waals surface area contributed by atoms with E-state index in [9.17, 15) is 0 Å². The van der Waals surface area contributed by atoms with Crippen molar-refractivity contribution < 1.29 is 22.9 Å². The van der Waals surface area contributed by atoms with E-state index in [0.717, 1.165) is 53.7 Å². The Labute approximate surface area is 188 Å². The first-order valence-corrected chi connectivity index (χ1v) is 16.9. The number of allylic oxidation sites excluding steroid dienone is 8. The Kier molecular flexibility index (Phi) is 4.23. The van der Waals surface area contributed by atoms with E-state index in [-0.39, 0.29) is 0 Å². The molecular formula is C28H36Hf. The van der Waals surface area contributed by atoms with Crippen LogP contribution in [0.5, 0.6) is 0 Å². The Hall–Kier alpha value is -0.170. The summed E-state index contributed by atoms with van der Waals surface area (Å²) in [5, 5.41) is 0. The molecule has 0 aromatic heterocycles. The molecule has 0 N–H and O–H groups in total. The molecule has 1 heteroatoms. The van der Waals surface area contributed by atoms with Gasteiger partial charge >= 0.3 is 189 Å². The molecule has 152 valence electrons. The van der Waals surface area contributed by atoms with E-state index in [1.165, 1.54) is 12.8 Å². The minimum absolute atomic E-state index is 0.764. The van der Waals surface area contributed by atoms with Crippen molar-refractivity contribution in [3.05, 3.63) is 48.6 Å². The third kappa shape index (κ3) is 2.35. The fraction of sp³-hybridized carbons (Fsp3) is 0.714. The monoisotopic (exact) mass is 552 g/mol. The molecule has 7 aliphatic rings. The zero-order chi connectivity index (χ0) is 19.1. The van der Waals surface area contributed by atoms with Gasteiger partial charge in [-0.25, -0.2) is 0 Å². The van der Waals surface area contributed by atoms with Crippen molar-refractivity contribution >= 4 is 0 Å². The van der Waals surface area contributed by atoms with E-state index >= 15 is 0 Å². The van der Waals surface area contributed by atoms with Gasteiger partial charge in [0.15, 0.2) is 0 Å². The molecule has 1 aliphatic heterocycles. The summed E-state index contributed by atoms with van der Waals surface area (Å²) >= 11 is -0.786. The first-order chi connectivity index (χ1) is 14.3. The second-order valence-corrected chi connectivity index (χ2v) is 17.3. The van der Waals surface area contributed by atoms with Crippen LogP contribution in [0, 0.1) is 46.3 Å². The van der Waals surface area contributed by atoms with Gasteiger partial charge in [-0.05, 0) is 0 Å². The second kappa shape index (κ2) is 6.66. The molecule has 0 bridgehead atoms. The Morgan fingerprint density at radius 3 is 1.45 bits per heavy atom. The van der Waals surface area contributed by atoms with E-state index in [2.05, 4.69) is 48.6 Å². The van der Waals surface area contributed by atoms with Gasteiger partial charge in [0.2, 0.25) is 0 Å². The minimum atomic E-state index is -0.786. The topological polar surface area (TPSA) is 0 Å². The predicted molar refractivity (Wildman–Crippen MR) is 116 cm³/mol. The summed E-state index contributed by atoms with van der Waals surface area (Å²) in [4.78, 5) is 0. The van der Waals surface area contributed by atoms with E-state index in [0.29, 0.717) is 0 Å². The SMILES string of the molecule is C1=CC2C(C=C1)[CH]1[Hf][CH]3C4C=CC=CC4C4CCCCC43CCC13CCCCC23. The van der Waals surface area contributed by atoms with Gasteiger partial charge < -0.3 is 0 Å². The van der Waals surface area contributed by atoms with Gasteiger partial charge in [0.1, 0.15) is 0 Å². The summed E-state index contributed by atoms with van der Waals surface area (Å²) < 4.78 is 2.31. The molecule has 0 aromatic rings. The third-order valence-corrected chi connectivity index (χ3v) is 20.6. The average Bonchev–Trinajstić information content (AvgIpc) is 3.17. The molecule has 0 nitrogen and oxygen atoms in total. The average molecular weight is 551 g/mol. The maximum absolute atomic E-state index is 2.71. The van der Waals surface area contributed by atoms with Crippen LogP contribution in [0.4, 0.5) is 0 Å². The van der Waals surface area contributed by atoms with Crippen molar-refractivity contribution in [3.63, 3.8) is 0 Å². The van der Waals surface area contributed by atoms with Crippen molar-refractivity contribution in [1.82, 2.24) is 0 Å². The Bertz CT molecular complexity index is 737. The molecule has 1 saturated heterocycles. The van der Waals surface area contributed by atoms with Crippen LogP contribution < -0.4 is 0 Å². The molecule has 6 aliphatic carbocycles. The van der Waals surface area contributed by atoms with Gasteiger partial charge in [-0.3, -0.25) is 0 Å². The quantitative estimate of drug-likeness (QED) is 0.273. The molecule has 0 aromatic carbocycles. The van der Waals surface area contributed by atoms with Crippen LogP contribution in [0.1, 0.15) is 64.2 Å². The van der Waals surface area contributed by atoms with Gasteiger partial charge in [0, 0.05) is 0 Å². The van der Waals surface area contributed by atoms with Crippen molar-refractivity contribution in [2.75, 3.05) is 0 Å². The molecule has 10 unspecified atom stereocenters. The van der Waals surface area contributed by atoms with E-state index < -0.39 is 22.9 Å². The van der Waals surface area contributed by atoms with Crippen LogP contribution in [0.2, 0.25) is 7.35 Å². The van der Waals surface area contributed by atoms with Crippen LogP contribution in [-0.2, 0) is 22.9 Å². The normalized spacial score (nSPS) is 56.3. The summed E-state index contributed by atoms with van der Waals surface area (Å²) in [7, 11) is 0. The predicted octanol–water partition coefficient (Wildman–Crippen LogP) is 7.54. The first kappa shape index (κ1) is 18.4. The Morgan fingerprint density at radius 1 is 0.517 bits per heavy atom. The Balaban J connectivity index is 1.34. The number of hydrogen-bond acceptors (Lipinski definition) is 0. The van der Waals surface area contributed by atoms with Crippen molar-refractivity contribution in [3.8, 4) is 0 Å². The summed E-state index contributed by atoms with van der Waals surface area (Å²) in [6, 6.07) is 0. The zero-order valence-corrected chi connectivity index (χ0v) is 21.4. The molecule has 10 atom stereocenters. The van der Waals surface area contributed by atoms with Crippen LogP contribution in [0.25, 0.3) is 0 Å². The molecule has 0 amide bonds. The summed E-state index contributed by atoms with van der Waals surface area (Å²) in [6.45, 7) is 0. The van der Waals surface area contributed by atoms with Gasteiger partial charge in [0.25, 0.3) is 0 Å². The summed E-state index contributed by atoms with van der Waals surface area (Å²) in [5.74, 6) is 5.77. The fourth-order valence-electron chi connectivity index (χ4n) is 10.2. The maximum atomic E-state index is 2.71. The number of fused-ring (bicyclic) bond motifs is 6. The molecule has 5 fully saturated rings. The standard InChI is InChI=1S/C28H36.Hf/c1-3-11-23-21(9-1)19-27(15-7-5-13-25(23)27)17-18-28-16-8-6-14-26(28)24-12-4-2-10-22(24)20-28;/h1-4,9-12,19-26H,5-8,13-18H2;. The van der Waals surface area contributed by atoms with Gasteiger partial charge in [-0.1, -0.05) is 0 Å². The number of rotatable bonds is 0. The van der Waals surface area contributed by atoms with Gasteiger partial charge in [0.05, 0.1) is 0 Å². The van der Waals surface area contributed by atoms with Gasteiger partial charge in [-0.15, -0.1) is 0 Å². The van der Waals surface area contributed by atoms with Crippen molar-refractivity contribution in [2.24, 2.45) is 46.3 Å². The zero-order valence-electron chi connectivity index (χ0n) is 17.8. The molecule has 29 heavy (non-hydrogen) atoms. The van der Waals surface area contributed by atoms with E-state index in [4.69, 9.17) is 0 Å². The molecule has 2 spiro atoms. The molecular weight excluding hydrogens is 515 g/mol. The summed E-state index contributed by atoms with van der Waals surface area (Å²) in [6.07, 6.45) is 36.1. The second-order valence-electron chi connectivity index (χ2n) is 11.6. The number of hydrogen-bond donors (Lipinski definition) is 0. The molecule has 0 radical (unpaired) electrons. The van der Waals surface area contributed by atoms with Gasteiger partial charge in [-0.2, -0.15) is 0 Å². The molecule has 1 heterocycles. The van der Waals surface area contributed by atoms with Crippen molar-refractivity contribution in [1.29, 1.82) is 0 Å². The van der Waals surface area contributed by atoms with E-state index in [1.807, 2.05) is 0 Å². The Morgan fingerprint density at radius 2 is 0.966 bits per heavy atom. The fourth-order valence-corrected chi connectivity index (χ4v) is 21.6. The molecule has 7 rings (SSSR count). The van der Waals surface area contributed by atoms with Crippen LogP contribution in [-0.4, -0.2) is 0 Å². The first-order valence-electron chi connectivity index (χ1n) is 12.8. The molecule has 4 saturated carbocycles. The summed E-state index contributed by atoms with van der Waals surface area (Å²) in [5.41, 5.74) is 1.53. The van der Waals surface area contributed by atoms with E-state index in [1.54, 1.807) is 51.4 Å². The van der Waals surface area contributed by atoms with Crippen LogP contribution >= 0.6 is 0 Å². The van der Waals surface area contributed by atoms with Crippen LogP contribution in [0.15, 0.2) is 48.6 Å². The third-order valence-electron chi connectivity index (χ3n) is 11.1. The van der Waals surface area contributed by atoms with Crippen molar-refractivity contribution in [2.45, 2.75) is 71.6 Å².